The van der Waals surface area contributed by atoms with E-state index in [2.05, 4.69) is 16.0 Å². The summed E-state index contributed by atoms with van der Waals surface area (Å²) >= 11 is 7.61. The van der Waals surface area contributed by atoms with Gasteiger partial charge in [0.2, 0.25) is 5.91 Å². The number of hydrogen-bond donors (Lipinski definition) is 4. The van der Waals surface area contributed by atoms with Gasteiger partial charge in [-0.3, -0.25) is 14.9 Å². The largest absolute Gasteiger partial charge is 0.338 e. The van der Waals surface area contributed by atoms with Crippen molar-refractivity contribution in [3.05, 3.63) is 70.7 Å². The zero-order valence-corrected chi connectivity index (χ0v) is 15.4. The molecule has 1 saturated heterocycles. The van der Waals surface area contributed by atoms with Crippen molar-refractivity contribution >= 4 is 35.2 Å². The zero-order valence-electron chi connectivity index (χ0n) is 13.8. The maximum Gasteiger partial charge on any atom is 0.252 e. The number of nitrogens with one attached hydrogen (secondary N) is 3. The predicted molar refractivity (Wildman–Crippen MR) is 103 cm³/mol. The van der Waals surface area contributed by atoms with Crippen LogP contribution < -0.4 is 21.7 Å². The molecule has 6 nitrogen and oxygen atoms in total. The van der Waals surface area contributed by atoms with Gasteiger partial charge in [-0.15, -0.1) is 11.8 Å². The van der Waals surface area contributed by atoms with Gasteiger partial charge in [0, 0.05) is 16.3 Å². The van der Waals surface area contributed by atoms with E-state index >= 15 is 0 Å². The number of rotatable bonds is 5. The van der Waals surface area contributed by atoms with Gasteiger partial charge in [0.05, 0.1) is 6.17 Å². The average Bonchev–Trinajstić information content (AvgIpc) is 2.64. The fraction of sp³-hybridized carbons (Fsp3) is 0.222. The molecule has 2 aromatic carbocycles. The summed E-state index contributed by atoms with van der Waals surface area (Å²) < 4.78 is 0. The monoisotopic (exact) mass is 390 g/mol. The minimum Gasteiger partial charge on any atom is -0.338 e. The maximum absolute atomic E-state index is 12.4. The molecule has 0 aliphatic carbocycles. The van der Waals surface area contributed by atoms with Crippen molar-refractivity contribution in [1.82, 2.24) is 16.0 Å². The highest BCUT2D eigenvalue weighted by Crippen LogP contribution is 2.23. The van der Waals surface area contributed by atoms with Gasteiger partial charge in [0.1, 0.15) is 11.5 Å². The quantitative estimate of drug-likeness (QED) is 0.622. The second-order valence-corrected chi connectivity index (χ2v) is 7.30. The van der Waals surface area contributed by atoms with Gasteiger partial charge in [0.25, 0.3) is 5.91 Å². The topological polar surface area (TPSA) is 96.2 Å². The van der Waals surface area contributed by atoms with Crippen molar-refractivity contribution in [3.8, 4) is 0 Å². The number of hydrogen-bond acceptors (Lipinski definition) is 5. The van der Waals surface area contributed by atoms with Gasteiger partial charge < -0.3 is 16.4 Å². The number of nitrogens with two attached hydrogens (primary N) is 1. The van der Waals surface area contributed by atoms with E-state index in [1.807, 2.05) is 30.3 Å². The van der Waals surface area contributed by atoms with E-state index in [1.54, 1.807) is 24.3 Å². The Morgan fingerprint density at radius 2 is 1.85 bits per heavy atom. The minimum absolute atomic E-state index is 0.322. The number of carbonyl (C=O) groups excluding carboxylic acids is 2. The Kier molecular flexibility index (Phi) is 6.16. The van der Waals surface area contributed by atoms with Crippen molar-refractivity contribution < 1.29 is 9.59 Å². The Morgan fingerprint density at radius 1 is 1.15 bits per heavy atom. The molecule has 26 heavy (non-hydrogen) atoms. The van der Waals surface area contributed by atoms with Crippen LogP contribution in [0.25, 0.3) is 0 Å². The smallest absolute Gasteiger partial charge is 0.252 e. The van der Waals surface area contributed by atoms with E-state index in [-0.39, 0.29) is 17.3 Å². The summed E-state index contributed by atoms with van der Waals surface area (Å²) in [6.07, 6.45) is -0.694. The highest BCUT2D eigenvalue weighted by molar-refractivity contribution is 7.99. The molecule has 0 aromatic heterocycles. The Hall–Kier alpha value is -2.06. The molecule has 2 amide bonds. The average molecular weight is 391 g/mol. The molecule has 1 heterocycles. The summed E-state index contributed by atoms with van der Waals surface area (Å²) in [4.78, 5) is 24.6. The van der Waals surface area contributed by atoms with Crippen LogP contribution in [0.2, 0.25) is 5.02 Å². The molecule has 5 N–H and O–H groups in total. The fourth-order valence-corrected chi connectivity index (χ4v) is 3.88. The maximum atomic E-state index is 12.4. The van der Waals surface area contributed by atoms with Gasteiger partial charge in [-0.2, -0.15) is 0 Å². The summed E-state index contributed by atoms with van der Waals surface area (Å²) in [6, 6.07) is 15.4. The molecule has 0 bridgehead atoms. The molecule has 1 aliphatic heterocycles. The van der Waals surface area contributed by atoms with Crippen LogP contribution >= 0.6 is 23.4 Å². The van der Waals surface area contributed by atoms with E-state index in [0.29, 0.717) is 16.3 Å². The highest BCUT2D eigenvalue weighted by atomic mass is 35.5. The standard InChI is InChI=1S/C18H19ClN4O2S/c19-13-9-5-4-8-12(13)10-26-18-22-15(20)14(17(25)23-18)21-16(24)11-6-2-1-3-7-11/h1-9,14-15,18,22H,10,20H2,(H,21,24)(H,23,25). The van der Waals surface area contributed by atoms with Crippen molar-refractivity contribution in [2.24, 2.45) is 5.73 Å². The SMILES string of the molecule is NC1NC(SCc2ccccc2Cl)NC(=O)C1NC(=O)c1ccccc1. The molecule has 8 heteroatoms. The Bertz CT molecular complexity index is 790. The van der Waals surface area contributed by atoms with E-state index in [1.165, 1.54) is 11.8 Å². The zero-order chi connectivity index (χ0) is 18.5. The molecular weight excluding hydrogens is 372 g/mol. The molecular formula is C18H19ClN4O2S. The molecule has 3 unspecified atom stereocenters. The summed E-state index contributed by atoms with van der Waals surface area (Å²) in [7, 11) is 0. The van der Waals surface area contributed by atoms with E-state index in [4.69, 9.17) is 17.3 Å². The number of amides is 2. The first-order valence-corrected chi connectivity index (χ1v) is 9.50. The molecule has 2 aromatic rings. The van der Waals surface area contributed by atoms with Crippen LogP contribution in [-0.2, 0) is 10.5 Å². The van der Waals surface area contributed by atoms with Crippen molar-refractivity contribution in [2.75, 3.05) is 0 Å². The van der Waals surface area contributed by atoms with Crippen LogP contribution in [0.15, 0.2) is 54.6 Å². The summed E-state index contributed by atoms with van der Waals surface area (Å²) in [6.45, 7) is 0. The lowest BCUT2D eigenvalue weighted by molar-refractivity contribution is -0.125. The lowest BCUT2D eigenvalue weighted by Crippen LogP contribution is -2.70. The summed E-state index contributed by atoms with van der Waals surface area (Å²) in [5.41, 5.74) is 7.15. The van der Waals surface area contributed by atoms with Gasteiger partial charge in [-0.1, -0.05) is 48.0 Å². The molecule has 1 fully saturated rings. The molecule has 0 saturated carbocycles. The molecule has 1 aliphatic rings. The second kappa shape index (κ2) is 8.55. The normalized spacial score (nSPS) is 22.5. The van der Waals surface area contributed by atoms with Gasteiger partial charge in [-0.25, -0.2) is 0 Å². The lowest BCUT2D eigenvalue weighted by atomic mass is 10.1. The number of benzene rings is 2. The van der Waals surface area contributed by atoms with Gasteiger partial charge >= 0.3 is 0 Å². The third-order valence-corrected chi connectivity index (χ3v) is 5.38. The van der Waals surface area contributed by atoms with E-state index in [9.17, 15) is 9.59 Å². The second-order valence-electron chi connectivity index (χ2n) is 5.80. The number of halogens is 1. The number of thioether (sulfide) groups is 1. The molecule has 3 atom stereocenters. The van der Waals surface area contributed by atoms with Gasteiger partial charge in [0.15, 0.2) is 0 Å². The van der Waals surface area contributed by atoms with Crippen LogP contribution in [0.1, 0.15) is 15.9 Å². The van der Waals surface area contributed by atoms with Crippen molar-refractivity contribution in [3.63, 3.8) is 0 Å². The first-order valence-electron chi connectivity index (χ1n) is 8.07. The third-order valence-electron chi connectivity index (χ3n) is 3.94. The molecule has 0 spiro atoms. The summed E-state index contributed by atoms with van der Waals surface area (Å²) in [5, 5.41) is 9.26. The first kappa shape index (κ1) is 18.7. The van der Waals surface area contributed by atoms with Gasteiger partial charge in [-0.05, 0) is 23.8 Å². The minimum atomic E-state index is -0.847. The Morgan fingerprint density at radius 3 is 2.54 bits per heavy atom. The van der Waals surface area contributed by atoms with E-state index < -0.39 is 12.2 Å². The summed E-state index contributed by atoms with van der Waals surface area (Å²) in [5.74, 6) is -0.0480. The lowest BCUT2D eigenvalue weighted by Gasteiger charge is -2.35. The van der Waals surface area contributed by atoms with Crippen LogP contribution in [-0.4, -0.2) is 29.5 Å². The predicted octanol–water partition coefficient (Wildman–Crippen LogP) is 1.66. The van der Waals surface area contributed by atoms with Crippen LogP contribution in [0.5, 0.6) is 0 Å². The first-order chi connectivity index (χ1) is 12.5. The molecule has 3 rings (SSSR count). The third kappa shape index (κ3) is 4.56. The Labute approximate surface area is 160 Å². The molecule has 136 valence electrons. The van der Waals surface area contributed by atoms with Crippen LogP contribution in [0, 0.1) is 0 Å². The molecule has 0 radical (unpaired) electrons. The highest BCUT2D eigenvalue weighted by Gasteiger charge is 2.35. The van der Waals surface area contributed by atoms with Crippen LogP contribution in [0.4, 0.5) is 0 Å². The van der Waals surface area contributed by atoms with Crippen LogP contribution in [0.3, 0.4) is 0 Å². The Balaban J connectivity index is 1.56. The number of carbonyl (C=O) groups is 2. The van der Waals surface area contributed by atoms with Crippen molar-refractivity contribution in [2.45, 2.75) is 23.5 Å². The van der Waals surface area contributed by atoms with E-state index in [0.717, 1.165) is 5.56 Å². The van der Waals surface area contributed by atoms with Crippen molar-refractivity contribution in [1.29, 1.82) is 0 Å². The fourth-order valence-electron chi connectivity index (χ4n) is 2.54.